The Morgan fingerprint density at radius 3 is 2.74 bits per heavy atom. The van der Waals surface area contributed by atoms with Crippen LogP contribution in [0.3, 0.4) is 0 Å². The molecule has 0 spiro atoms. The average molecular weight is 254 g/mol. The van der Waals surface area contributed by atoms with E-state index in [2.05, 4.69) is 15.5 Å². The van der Waals surface area contributed by atoms with Gasteiger partial charge in [-0.15, -0.1) is 0 Å². The van der Waals surface area contributed by atoms with Crippen molar-refractivity contribution in [2.75, 3.05) is 0 Å². The lowest BCUT2D eigenvalue weighted by Crippen LogP contribution is -2.12. The zero-order chi connectivity index (χ0) is 12.9. The van der Waals surface area contributed by atoms with Gasteiger partial charge in [0, 0.05) is 6.54 Å². The highest BCUT2D eigenvalue weighted by molar-refractivity contribution is 5.28. The van der Waals surface area contributed by atoms with Crippen molar-refractivity contribution in [2.24, 2.45) is 0 Å². The maximum atomic E-state index is 5.24. The maximum Gasteiger partial charge on any atom is 0.117 e. The third kappa shape index (κ3) is 2.89. The van der Waals surface area contributed by atoms with Gasteiger partial charge in [-0.05, 0) is 24.3 Å². The van der Waals surface area contributed by atoms with Crippen LogP contribution in [0.2, 0.25) is 0 Å². The predicted molar refractivity (Wildman–Crippen MR) is 70.6 cm³/mol. The van der Waals surface area contributed by atoms with Gasteiger partial charge >= 0.3 is 0 Å². The van der Waals surface area contributed by atoms with Crippen LogP contribution < -0.4 is 5.32 Å². The Morgan fingerprint density at radius 2 is 1.95 bits per heavy atom. The molecule has 0 bridgehead atoms. The number of furan rings is 1. The summed E-state index contributed by atoms with van der Waals surface area (Å²) >= 11 is 0. The van der Waals surface area contributed by atoms with Gasteiger partial charge < -0.3 is 9.73 Å². The topological polar surface area (TPSA) is 55.9 Å². The van der Waals surface area contributed by atoms with E-state index in [4.69, 9.17) is 4.42 Å². The molecular weight excluding hydrogens is 240 g/mol. The molecule has 0 fully saturated rings. The summed E-state index contributed by atoms with van der Waals surface area (Å²) in [6.07, 6.45) is 3.44. The number of rotatable bonds is 5. The molecule has 1 aromatic carbocycles. The van der Waals surface area contributed by atoms with Crippen molar-refractivity contribution >= 4 is 0 Å². The van der Waals surface area contributed by atoms with E-state index < -0.39 is 0 Å². The van der Waals surface area contributed by atoms with Crippen molar-refractivity contribution in [2.45, 2.75) is 13.1 Å². The molecule has 2 aromatic heterocycles. The predicted octanol–water partition coefficient (Wildman–Crippen LogP) is 2.15. The average Bonchev–Trinajstić information content (AvgIpc) is 3.11. The summed E-state index contributed by atoms with van der Waals surface area (Å²) in [5.41, 5.74) is 1.86. The monoisotopic (exact) mass is 254 g/mol. The highest BCUT2D eigenvalue weighted by Crippen LogP contribution is 2.04. The van der Waals surface area contributed by atoms with Crippen molar-refractivity contribution in [3.8, 4) is 5.69 Å². The normalized spacial score (nSPS) is 10.7. The van der Waals surface area contributed by atoms with Crippen LogP contribution in [-0.2, 0) is 13.1 Å². The van der Waals surface area contributed by atoms with E-state index in [1.54, 1.807) is 17.3 Å². The fraction of sp³-hybridized carbons (Fsp3) is 0.143. The lowest BCUT2D eigenvalue weighted by molar-refractivity contribution is 0.481. The van der Waals surface area contributed by atoms with E-state index in [1.165, 1.54) is 0 Å². The Kier molecular flexibility index (Phi) is 3.38. The van der Waals surface area contributed by atoms with Gasteiger partial charge in [-0.1, -0.05) is 18.2 Å². The molecule has 0 aliphatic rings. The van der Waals surface area contributed by atoms with E-state index >= 15 is 0 Å². The Balaban J connectivity index is 1.59. The van der Waals surface area contributed by atoms with Crippen molar-refractivity contribution in [3.05, 3.63) is 66.4 Å². The van der Waals surface area contributed by atoms with Gasteiger partial charge in [-0.3, -0.25) is 0 Å². The van der Waals surface area contributed by atoms with Gasteiger partial charge in [-0.25, -0.2) is 0 Å². The summed E-state index contributed by atoms with van der Waals surface area (Å²) in [6, 6.07) is 13.7. The van der Waals surface area contributed by atoms with Crippen molar-refractivity contribution in [1.82, 2.24) is 20.3 Å². The van der Waals surface area contributed by atoms with Crippen molar-refractivity contribution in [1.29, 1.82) is 0 Å². The molecule has 0 radical (unpaired) electrons. The first-order valence-electron chi connectivity index (χ1n) is 6.11. The van der Waals surface area contributed by atoms with Crippen molar-refractivity contribution in [3.63, 3.8) is 0 Å². The summed E-state index contributed by atoms with van der Waals surface area (Å²) in [6.45, 7) is 1.35. The molecule has 19 heavy (non-hydrogen) atoms. The third-order valence-corrected chi connectivity index (χ3v) is 2.71. The third-order valence-electron chi connectivity index (χ3n) is 2.71. The second kappa shape index (κ2) is 5.49. The number of para-hydroxylation sites is 1. The zero-order valence-corrected chi connectivity index (χ0v) is 10.4. The molecule has 5 heteroatoms. The number of hydrogen-bond acceptors (Lipinski definition) is 4. The number of nitrogens with one attached hydrogen (secondary N) is 1. The molecule has 96 valence electrons. The Morgan fingerprint density at radius 1 is 1.05 bits per heavy atom. The second-order valence-corrected chi connectivity index (χ2v) is 4.14. The van der Waals surface area contributed by atoms with E-state index in [0.29, 0.717) is 13.1 Å². The molecule has 0 saturated carbocycles. The van der Waals surface area contributed by atoms with Crippen LogP contribution in [0.15, 0.2) is 59.3 Å². The SMILES string of the molecule is c1ccc(-n2ncc(CNCc3ccco3)n2)cc1. The van der Waals surface area contributed by atoms with Crippen LogP contribution in [0.4, 0.5) is 0 Å². The van der Waals surface area contributed by atoms with Crippen LogP contribution in [0, 0.1) is 0 Å². The number of benzene rings is 1. The van der Waals surface area contributed by atoms with Gasteiger partial charge in [0.15, 0.2) is 0 Å². The van der Waals surface area contributed by atoms with Crippen LogP contribution >= 0.6 is 0 Å². The standard InChI is InChI=1S/C14H14N4O/c1-2-5-13(6-3-1)18-16-10-12(17-18)9-15-11-14-7-4-8-19-14/h1-8,10,15H,9,11H2. The minimum Gasteiger partial charge on any atom is -0.468 e. The molecule has 0 aliphatic carbocycles. The molecule has 1 N–H and O–H groups in total. The first-order valence-corrected chi connectivity index (χ1v) is 6.11. The minimum absolute atomic E-state index is 0.660. The molecule has 0 unspecified atom stereocenters. The van der Waals surface area contributed by atoms with E-state index in [-0.39, 0.29) is 0 Å². The Labute approximate surface area is 110 Å². The van der Waals surface area contributed by atoms with Gasteiger partial charge in [0.2, 0.25) is 0 Å². The van der Waals surface area contributed by atoms with Crippen molar-refractivity contribution < 1.29 is 4.42 Å². The van der Waals surface area contributed by atoms with Crippen LogP contribution in [0.1, 0.15) is 11.5 Å². The van der Waals surface area contributed by atoms with Gasteiger partial charge in [0.1, 0.15) is 5.76 Å². The summed E-state index contributed by atoms with van der Waals surface area (Å²) < 4.78 is 5.24. The molecule has 3 aromatic rings. The van der Waals surface area contributed by atoms with Crippen LogP contribution in [-0.4, -0.2) is 15.0 Å². The van der Waals surface area contributed by atoms with Gasteiger partial charge in [-0.2, -0.15) is 15.0 Å². The lowest BCUT2D eigenvalue weighted by Gasteiger charge is -1.99. The van der Waals surface area contributed by atoms with E-state index in [0.717, 1.165) is 17.1 Å². The number of aromatic nitrogens is 3. The second-order valence-electron chi connectivity index (χ2n) is 4.14. The molecule has 0 atom stereocenters. The zero-order valence-electron chi connectivity index (χ0n) is 10.4. The largest absolute Gasteiger partial charge is 0.468 e. The summed E-state index contributed by atoms with van der Waals surface area (Å²) in [7, 11) is 0. The molecular formula is C14H14N4O. The van der Waals surface area contributed by atoms with Crippen LogP contribution in [0.25, 0.3) is 5.69 Å². The molecule has 0 saturated heterocycles. The Hall–Kier alpha value is -2.40. The fourth-order valence-corrected chi connectivity index (χ4v) is 1.79. The smallest absolute Gasteiger partial charge is 0.117 e. The fourth-order valence-electron chi connectivity index (χ4n) is 1.79. The first-order chi connectivity index (χ1) is 9.42. The molecule has 2 heterocycles. The minimum atomic E-state index is 0.660. The molecule has 5 nitrogen and oxygen atoms in total. The molecule has 0 amide bonds. The highest BCUT2D eigenvalue weighted by atomic mass is 16.3. The first kappa shape index (κ1) is 11.7. The number of hydrogen-bond donors (Lipinski definition) is 1. The molecule has 3 rings (SSSR count). The summed E-state index contributed by atoms with van der Waals surface area (Å²) in [4.78, 5) is 1.63. The maximum absolute atomic E-state index is 5.24. The quantitative estimate of drug-likeness (QED) is 0.758. The van der Waals surface area contributed by atoms with Gasteiger partial charge in [0.25, 0.3) is 0 Å². The number of nitrogens with zero attached hydrogens (tertiary/aromatic N) is 3. The van der Waals surface area contributed by atoms with Gasteiger partial charge in [0.05, 0.1) is 30.4 Å². The lowest BCUT2D eigenvalue weighted by atomic mass is 10.3. The summed E-state index contributed by atoms with van der Waals surface area (Å²) in [5, 5.41) is 11.9. The highest BCUT2D eigenvalue weighted by Gasteiger charge is 2.02. The Bertz CT molecular complexity index is 616. The van der Waals surface area contributed by atoms with Crippen LogP contribution in [0.5, 0.6) is 0 Å². The summed E-state index contributed by atoms with van der Waals surface area (Å²) in [5.74, 6) is 0.912. The van der Waals surface area contributed by atoms with E-state index in [1.807, 2.05) is 42.5 Å². The van der Waals surface area contributed by atoms with E-state index in [9.17, 15) is 0 Å². The molecule has 0 aliphatic heterocycles.